The molecule has 0 unspecified atom stereocenters. The van der Waals surface area contributed by atoms with Gasteiger partial charge >= 0.3 is 6.09 Å². The summed E-state index contributed by atoms with van der Waals surface area (Å²) >= 11 is 0. The third kappa shape index (κ3) is 2.91. The molecule has 0 atom stereocenters. The van der Waals surface area contributed by atoms with Gasteiger partial charge in [-0.1, -0.05) is 0 Å². The van der Waals surface area contributed by atoms with Crippen LogP contribution in [-0.2, 0) is 4.74 Å². The second kappa shape index (κ2) is 6.19. The number of hydrogen-bond donors (Lipinski definition) is 1. The normalized spacial score (nSPS) is 22.2. The van der Waals surface area contributed by atoms with Crippen molar-refractivity contribution in [1.82, 2.24) is 14.5 Å². The summed E-state index contributed by atoms with van der Waals surface area (Å²) in [5.41, 5.74) is 6.41. The van der Waals surface area contributed by atoms with E-state index in [0.717, 1.165) is 31.1 Å². The van der Waals surface area contributed by atoms with Crippen LogP contribution in [0.1, 0.15) is 25.7 Å². The van der Waals surface area contributed by atoms with Crippen molar-refractivity contribution in [3.63, 3.8) is 0 Å². The van der Waals surface area contributed by atoms with E-state index >= 15 is 0 Å². The zero-order valence-electron chi connectivity index (χ0n) is 10.9. The number of carbonyl (C=O) groups excluding carboxylic acids is 1. The van der Waals surface area contributed by atoms with Crippen LogP contribution in [0.15, 0.2) is 24.8 Å². The Hall–Kier alpha value is -1.66. The topological polar surface area (TPSA) is 83.0 Å². The second-order valence-electron chi connectivity index (χ2n) is 4.91. The molecule has 1 aliphatic rings. The Bertz CT molecular complexity index is 593. The highest BCUT2D eigenvalue weighted by atomic mass is 35.5. The molecular formula is C13H17ClN4O2. The number of hydrogen-bond acceptors (Lipinski definition) is 5. The molecule has 1 saturated carbocycles. The van der Waals surface area contributed by atoms with Crippen LogP contribution in [0.5, 0.6) is 0 Å². The molecule has 0 aromatic carbocycles. The number of rotatable bonds is 1. The maximum absolute atomic E-state index is 12.1. The van der Waals surface area contributed by atoms with Crippen LogP contribution in [0.2, 0.25) is 0 Å². The molecule has 7 heteroatoms. The van der Waals surface area contributed by atoms with Crippen LogP contribution >= 0.6 is 12.4 Å². The van der Waals surface area contributed by atoms with Gasteiger partial charge in [-0.2, -0.15) is 0 Å². The van der Waals surface area contributed by atoms with Gasteiger partial charge in [0.05, 0.1) is 0 Å². The average molecular weight is 297 g/mol. The molecule has 20 heavy (non-hydrogen) atoms. The number of fused-ring (bicyclic) bond motifs is 1. The van der Waals surface area contributed by atoms with E-state index in [-0.39, 0.29) is 30.6 Å². The van der Waals surface area contributed by atoms with Gasteiger partial charge in [-0.05, 0) is 31.7 Å². The maximum Gasteiger partial charge on any atom is 0.419 e. The van der Waals surface area contributed by atoms with E-state index in [9.17, 15) is 4.79 Å². The first-order valence-corrected chi connectivity index (χ1v) is 6.47. The Morgan fingerprint density at radius 2 is 2.10 bits per heavy atom. The van der Waals surface area contributed by atoms with Gasteiger partial charge in [0.15, 0.2) is 5.65 Å². The predicted octanol–water partition coefficient (Wildman–Crippen LogP) is 2.11. The van der Waals surface area contributed by atoms with Gasteiger partial charge in [0, 0.05) is 23.8 Å². The Labute approximate surface area is 122 Å². The van der Waals surface area contributed by atoms with Crippen LogP contribution in [0, 0.1) is 0 Å². The minimum absolute atomic E-state index is 0. The van der Waals surface area contributed by atoms with Crippen LogP contribution in [0.25, 0.3) is 11.0 Å². The van der Waals surface area contributed by atoms with Crippen LogP contribution in [0.3, 0.4) is 0 Å². The predicted molar refractivity (Wildman–Crippen MR) is 76.9 cm³/mol. The van der Waals surface area contributed by atoms with Gasteiger partial charge in [-0.15, -0.1) is 12.4 Å². The lowest BCUT2D eigenvalue weighted by Crippen LogP contribution is -2.32. The minimum Gasteiger partial charge on any atom is -0.446 e. The molecule has 2 N–H and O–H groups in total. The van der Waals surface area contributed by atoms with Crippen molar-refractivity contribution in [2.45, 2.75) is 37.8 Å². The van der Waals surface area contributed by atoms with E-state index in [1.807, 2.05) is 0 Å². The summed E-state index contributed by atoms with van der Waals surface area (Å²) in [6, 6.07) is 2.04. The van der Waals surface area contributed by atoms with E-state index in [2.05, 4.69) is 9.97 Å². The smallest absolute Gasteiger partial charge is 0.419 e. The molecule has 1 fully saturated rings. The van der Waals surface area contributed by atoms with Gasteiger partial charge < -0.3 is 10.5 Å². The molecule has 2 aromatic heterocycles. The number of halogens is 1. The van der Waals surface area contributed by atoms with Crippen LogP contribution in [-0.4, -0.2) is 32.8 Å². The number of carbonyl (C=O) groups is 1. The average Bonchev–Trinajstić information content (AvgIpc) is 2.85. The highest BCUT2D eigenvalue weighted by molar-refractivity contribution is 5.86. The molecule has 0 spiro atoms. The van der Waals surface area contributed by atoms with E-state index in [0.29, 0.717) is 5.65 Å². The number of nitrogens with two attached hydrogens (primary N) is 1. The fourth-order valence-electron chi connectivity index (χ4n) is 2.43. The molecule has 6 nitrogen and oxygen atoms in total. The summed E-state index contributed by atoms with van der Waals surface area (Å²) in [4.78, 5) is 20.1. The molecule has 0 radical (unpaired) electrons. The molecule has 2 heterocycles. The second-order valence-corrected chi connectivity index (χ2v) is 4.91. The first-order valence-electron chi connectivity index (χ1n) is 6.47. The molecule has 2 aromatic rings. The van der Waals surface area contributed by atoms with Gasteiger partial charge in [0.25, 0.3) is 0 Å². The van der Waals surface area contributed by atoms with Crippen molar-refractivity contribution in [3.05, 3.63) is 24.8 Å². The fraction of sp³-hybridized carbons (Fsp3) is 0.462. The first kappa shape index (κ1) is 14.7. The number of aromatic nitrogens is 3. The third-order valence-electron chi connectivity index (χ3n) is 3.53. The van der Waals surface area contributed by atoms with Crippen molar-refractivity contribution in [2.75, 3.05) is 0 Å². The van der Waals surface area contributed by atoms with Crippen LogP contribution in [0.4, 0.5) is 4.79 Å². The third-order valence-corrected chi connectivity index (χ3v) is 3.53. The largest absolute Gasteiger partial charge is 0.446 e. The van der Waals surface area contributed by atoms with Crippen LogP contribution < -0.4 is 5.73 Å². The van der Waals surface area contributed by atoms with Crippen molar-refractivity contribution < 1.29 is 9.53 Å². The van der Waals surface area contributed by atoms with Crippen molar-refractivity contribution in [1.29, 1.82) is 0 Å². The zero-order chi connectivity index (χ0) is 13.2. The van der Waals surface area contributed by atoms with E-state index in [1.165, 1.54) is 10.9 Å². The Balaban J connectivity index is 0.00000147. The molecule has 0 amide bonds. The Morgan fingerprint density at radius 3 is 2.85 bits per heavy atom. The summed E-state index contributed by atoms with van der Waals surface area (Å²) in [5.74, 6) is 0. The van der Waals surface area contributed by atoms with Gasteiger partial charge in [-0.25, -0.2) is 19.3 Å². The SMILES string of the molecule is Cl.NC1CCC(OC(=O)n2ccc3cncnc32)CC1. The van der Waals surface area contributed by atoms with Gasteiger partial charge in [0.1, 0.15) is 12.4 Å². The minimum atomic E-state index is -0.380. The quantitative estimate of drug-likeness (QED) is 0.871. The van der Waals surface area contributed by atoms with Crippen molar-refractivity contribution in [2.24, 2.45) is 5.73 Å². The van der Waals surface area contributed by atoms with E-state index < -0.39 is 0 Å². The standard InChI is InChI=1S/C13H16N4O2.ClH/c14-10-1-3-11(4-2-10)19-13(18)17-6-5-9-7-15-8-16-12(9)17;/h5-8,10-11H,1-4,14H2;1H. The lowest BCUT2D eigenvalue weighted by molar-refractivity contribution is 0.0736. The Kier molecular flexibility index (Phi) is 4.57. The molecule has 0 aliphatic heterocycles. The maximum atomic E-state index is 12.1. The molecule has 3 rings (SSSR count). The summed E-state index contributed by atoms with van der Waals surface area (Å²) < 4.78 is 6.92. The van der Waals surface area contributed by atoms with E-state index in [4.69, 9.17) is 10.5 Å². The molecule has 0 saturated heterocycles. The molecular weight excluding hydrogens is 280 g/mol. The summed E-state index contributed by atoms with van der Waals surface area (Å²) in [5, 5.41) is 0.824. The highest BCUT2D eigenvalue weighted by Crippen LogP contribution is 2.21. The van der Waals surface area contributed by atoms with Gasteiger partial charge in [0.2, 0.25) is 0 Å². The summed E-state index contributed by atoms with van der Waals surface area (Å²) in [6.45, 7) is 0. The molecule has 1 aliphatic carbocycles. The first-order chi connectivity index (χ1) is 9.24. The van der Waals surface area contributed by atoms with Crippen molar-refractivity contribution >= 4 is 29.5 Å². The zero-order valence-corrected chi connectivity index (χ0v) is 11.8. The molecule has 0 bridgehead atoms. The van der Waals surface area contributed by atoms with Crippen molar-refractivity contribution in [3.8, 4) is 0 Å². The number of ether oxygens (including phenoxy) is 1. The lowest BCUT2D eigenvalue weighted by atomic mass is 9.94. The monoisotopic (exact) mass is 296 g/mol. The van der Waals surface area contributed by atoms with Gasteiger partial charge in [-0.3, -0.25) is 0 Å². The summed E-state index contributed by atoms with van der Waals surface area (Å²) in [7, 11) is 0. The summed E-state index contributed by atoms with van der Waals surface area (Å²) in [6.07, 6.45) is 7.83. The molecule has 108 valence electrons. The lowest BCUT2D eigenvalue weighted by Gasteiger charge is -2.25. The fourth-order valence-corrected chi connectivity index (χ4v) is 2.43. The number of nitrogens with zero attached hydrogens (tertiary/aromatic N) is 3. The van der Waals surface area contributed by atoms with E-state index in [1.54, 1.807) is 18.5 Å². The highest BCUT2D eigenvalue weighted by Gasteiger charge is 2.23. The Morgan fingerprint density at radius 1 is 1.35 bits per heavy atom.